The van der Waals surface area contributed by atoms with Gasteiger partial charge >= 0.3 is 5.69 Å². The Kier molecular flexibility index (Phi) is 4.49. The van der Waals surface area contributed by atoms with Gasteiger partial charge in [-0.05, 0) is 45.2 Å². The molecule has 102 valence electrons. The fourth-order valence-corrected chi connectivity index (χ4v) is 1.72. The molecule has 0 radical (unpaired) electrons. The Morgan fingerprint density at radius 2 is 2.05 bits per heavy atom. The van der Waals surface area contributed by atoms with Crippen LogP contribution in [0.25, 0.3) is 0 Å². The van der Waals surface area contributed by atoms with E-state index in [9.17, 15) is 10.1 Å². The van der Waals surface area contributed by atoms with Gasteiger partial charge in [-0.3, -0.25) is 10.1 Å². The highest BCUT2D eigenvalue weighted by molar-refractivity contribution is 5.53. The van der Waals surface area contributed by atoms with Crippen LogP contribution in [0.4, 0.5) is 5.69 Å². The van der Waals surface area contributed by atoms with E-state index in [1.807, 2.05) is 26.8 Å². The van der Waals surface area contributed by atoms with Crippen LogP contribution >= 0.6 is 0 Å². The third kappa shape index (κ3) is 3.95. The molecule has 0 amide bonds. The van der Waals surface area contributed by atoms with Crippen LogP contribution in [0.15, 0.2) is 12.1 Å². The fourth-order valence-electron chi connectivity index (χ4n) is 1.72. The zero-order valence-electron chi connectivity index (χ0n) is 11.7. The average molecular weight is 262 g/mol. The molecule has 0 aliphatic rings. The molecule has 5 heteroatoms. The van der Waals surface area contributed by atoms with Gasteiger partial charge in [-0.1, -0.05) is 6.07 Å². The second-order valence-corrected chi connectivity index (χ2v) is 5.28. The molecular weight excluding hydrogens is 244 g/mol. The molecule has 0 heterocycles. The lowest BCUT2D eigenvalue weighted by Crippen LogP contribution is -2.14. The van der Waals surface area contributed by atoms with E-state index < -0.39 is 10.3 Å². The number of hydrogen-bond donors (Lipinski definition) is 0. The molecule has 5 nitrogen and oxygen atoms in total. The predicted octanol–water partition coefficient (Wildman–Crippen LogP) is 3.53. The van der Waals surface area contributed by atoms with E-state index in [2.05, 4.69) is 6.07 Å². The SMILES string of the molecule is Cc1cc(C)c(OCCC(C)(C)C#N)c([N+](=O)[O-])c1. The van der Waals surface area contributed by atoms with E-state index in [0.717, 1.165) is 11.1 Å². The molecule has 0 aromatic heterocycles. The highest BCUT2D eigenvalue weighted by Gasteiger charge is 2.21. The number of benzene rings is 1. The largest absolute Gasteiger partial charge is 0.487 e. The lowest BCUT2D eigenvalue weighted by molar-refractivity contribution is -0.386. The molecule has 0 spiro atoms. The minimum Gasteiger partial charge on any atom is -0.487 e. The van der Waals surface area contributed by atoms with E-state index in [4.69, 9.17) is 10.00 Å². The first-order valence-electron chi connectivity index (χ1n) is 6.06. The van der Waals surface area contributed by atoms with E-state index in [1.165, 1.54) is 6.07 Å². The van der Waals surface area contributed by atoms with Gasteiger partial charge in [-0.2, -0.15) is 5.26 Å². The van der Waals surface area contributed by atoms with Crippen molar-refractivity contribution in [2.45, 2.75) is 34.1 Å². The molecule has 1 aromatic rings. The van der Waals surface area contributed by atoms with Gasteiger partial charge < -0.3 is 4.74 Å². The van der Waals surface area contributed by atoms with Crippen molar-refractivity contribution >= 4 is 5.69 Å². The van der Waals surface area contributed by atoms with Crippen molar-refractivity contribution in [2.75, 3.05) is 6.61 Å². The molecule has 19 heavy (non-hydrogen) atoms. The topological polar surface area (TPSA) is 76.2 Å². The van der Waals surface area contributed by atoms with Crippen molar-refractivity contribution < 1.29 is 9.66 Å². The summed E-state index contributed by atoms with van der Waals surface area (Å²) in [6.45, 7) is 7.50. The van der Waals surface area contributed by atoms with Gasteiger partial charge in [0.2, 0.25) is 0 Å². The quantitative estimate of drug-likeness (QED) is 0.600. The Bertz CT molecular complexity index is 530. The van der Waals surface area contributed by atoms with Crippen molar-refractivity contribution in [1.29, 1.82) is 5.26 Å². The normalized spacial score (nSPS) is 10.9. The lowest BCUT2D eigenvalue weighted by Gasteiger charge is -2.16. The summed E-state index contributed by atoms with van der Waals surface area (Å²) in [7, 11) is 0. The van der Waals surface area contributed by atoms with Gasteiger partial charge in [0.1, 0.15) is 0 Å². The molecule has 0 bridgehead atoms. The van der Waals surface area contributed by atoms with Crippen molar-refractivity contribution in [3.63, 3.8) is 0 Å². The molecular formula is C14H18N2O3. The van der Waals surface area contributed by atoms with Crippen LogP contribution in [0.1, 0.15) is 31.4 Å². The number of hydrogen-bond acceptors (Lipinski definition) is 4. The zero-order valence-corrected chi connectivity index (χ0v) is 11.7. The van der Waals surface area contributed by atoms with Crippen molar-refractivity contribution in [2.24, 2.45) is 5.41 Å². The number of rotatable bonds is 5. The summed E-state index contributed by atoms with van der Waals surface area (Å²) < 4.78 is 5.53. The van der Waals surface area contributed by atoms with Crippen LogP contribution < -0.4 is 4.74 Å². The van der Waals surface area contributed by atoms with Crippen LogP contribution in [0.5, 0.6) is 5.75 Å². The number of ether oxygens (including phenoxy) is 1. The van der Waals surface area contributed by atoms with Crippen LogP contribution in [0.3, 0.4) is 0 Å². The molecule has 0 saturated carbocycles. The first-order valence-corrected chi connectivity index (χ1v) is 6.06. The smallest absolute Gasteiger partial charge is 0.311 e. The number of aryl methyl sites for hydroxylation is 2. The predicted molar refractivity (Wildman–Crippen MR) is 72.1 cm³/mol. The third-order valence-electron chi connectivity index (χ3n) is 2.87. The maximum Gasteiger partial charge on any atom is 0.311 e. The fraction of sp³-hybridized carbons (Fsp3) is 0.500. The molecule has 0 aliphatic carbocycles. The zero-order chi connectivity index (χ0) is 14.6. The van der Waals surface area contributed by atoms with Gasteiger partial charge in [-0.15, -0.1) is 0 Å². The Hall–Kier alpha value is -2.09. The van der Waals surface area contributed by atoms with Crippen LogP contribution in [0, 0.1) is 40.7 Å². The number of nitro benzene ring substituents is 1. The van der Waals surface area contributed by atoms with Crippen molar-refractivity contribution in [3.8, 4) is 11.8 Å². The van der Waals surface area contributed by atoms with Gasteiger partial charge in [0.05, 0.1) is 23.0 Å². The molecule has 0 atom stereocenters. The van der Waals surface area contributed by atoms with Gasteiger partial charge in [0, 0.05) is 6.07 Å². The van der Waals surface area contributed by atoms with E-state index >= 15 is 0 Å². The summed E-state index contributed by atoms with van der Waals surface area (Å²) in [6, 6.07) is 5.52. The van der Waals surface area contributed by atoms with Crippen LogP contribution in [-0.2, 0) is 0 Å². The highest BCUT2D eigenvalue weighted by atomic mass is 16.6. The Morgan fingerprint density at radius 1 is 1.42 bits per heavy atom. The van der Waals surface area contributed by atoms with Crippen LogP contribution in [-0.4, -0.2) is 11.5 Å². The minimum atomic E-state index is -0.493. The van der Waals surface area contributed by atoms with E-state index in [-0.39, 0.29) is 12.3 Å². The standard InChI is InChI=1S/C14H18N2O3/c1-10-7-11(2)13(12(8-10)16(17)18)19-6-5-14(3,4)9-15/h7-8H,5-6H2,1-4H3. The summed E-state index contributed by atoms with van der Waals surface area (Å²) in [4.78, 5) is 10.6. The lowest BCUT2D eigenvalue weighted by atomic mass is 9.92. The Labute approximate surface area is 113 Å². The van der Waals surface area contributed by atoms with E-state index in [1.54, 1.807) is 6.92 Å². The molecule has 0 saturated heterocycles. The molecule has 1 rings (SSSR count). The maximum absolute atomic E-state index is 11.0. The van der Waals surface area contributed by atoms with Crippen molar-refractivity contribution in [1.82, 2.24) is 0 Å². The van der Waals surface area contributed by atoms with E-state index in [0.29, 0.717) is 12.2 Å². The molecule has 0 aliphatic heterocycles. The van der Waals surface area contributed by atoms with Gasteiger partial charge in [0.15, 0.2) is 5.75 Å². The summed E-state index contributed by atoms with van der Waals surface area (Å²) in [5, 5.41) is 19.9. The maximum atomic E-state index is 11.0. The van der Waals surface area contributed by atoms with Gasteiger partial charge in [-0.25, -0.2) is 0 Å². The number of nitriles is 1. The van der Waals surface area contributed by atoms with Crippen molar-refractivity contribution in [3.05, 3.63) is 33.4 Å². The summed E-state index contributed by atoms with van der Waals surface area (Å²) in [5.41, 5.74) is 1.05. The molecule has 0 unspecified atom stereocenters. The Balaban J connectivity index is 2.90. The third-order valence-corrected chi connectivity index (χ3v) is 2.87. The average Bonchev–Trinajstić information content (AvgIpc) is 2.31. The first-order chi connectivity index (χ1) is 8.76. The molecule has 1 aromatic carbocycles. The minimum absolute atomic E-state index is 0.0211. The number of nitrogens with zero attached hydrogens (tertiary/aromatic N) is 2. The second kappa shape index (κ2) is 5.70. The second-order valence-electron chi connectivity index (χ2n) is 5.28. The number of nitro groups is 1. The summed E-state index contributed by atoms with van der Waals surface area (Å²) in [6.07, 6.45) is 0.522. The summed E-state index contributed by atoms with van der Waals surface area (Å²) >= 11 is 0. The highest BCUT2D eigenvalue weighted by Crippen LogP contribution is 2.32. The molecule has 0 N–H and O–H groups in total. The Morgan fingerprint density at radius 3 is 2.58 bits per heavy atom. The summed E-state index contributed by atoms with van der Waals surface area (Å²) in [5.74, 6) is 0.296. The molecule has 0 fully saturated rings. The monoisotopic (exact) mass is 262 g/mol. The van der Waals surface area contributed by atoms with Crippen LogP contribution in [0.2, 0.25) is 0 Å². The van der Waals surface area contributed by atoms with Gasteiger partial charge in [0.25, 0.3) is 0 Å². The first kappa shape index (κ1) is 15.0.